The lowest BCUT2D eigenvalue weighted by atomic mass is 10.2. The van der Waals surface area contributed by atoms with Gasteiger partial charge in [0.05, 0.1) is 0 Å². The smallest absolute Gasteiger partial charge is 0.435 e. The first kappa shape index (κ1) is 16.6. The maximum atomic E-state index is 12.8. The third-order valence-electron chi connectivity index (χ3n) is 3.41. The SMILES string of the molecule is CCSc1cc(O)ccc1-c1nc2cc(C(F)(F)F)nnc2n1C. The standard InChI is InChI=1S/C15H13F3N4OS/c1-3-24-11-6-8(23)4-5-9(11)13-19-10-7-12(15(16,17)18)20-21-14(10)22(13)2/h4-7,23H,3H2,1-2H3. The summed E-state index contributed by atoms with van der Waals surface area (Å²) >= 11 is 1.51. The number of phenols is 1. The Kier molecular flexibility index (Phi) is 4.12. The summed E-state index contributed by atoms with van der Waals surface area (Å²) in [6.07, 6.45) is -4.57. The van der Waals surface area contributed by atoms with Crippen LogP contribution in [0.2, 0.25) is 0 Å². The number of nitrogens with zero attached hydrogens (tertiary/aromatic N) is 4. The van der Waals surface area contributed by atoms with Crippen LogP contribution in [-0.4, -0.2) is 30.6 Å². The van der Waals surface area contributed by atoms with Crippen molar-refractivity contribution in [3.8, 4) is 17.1 Å². The Balaban J connectivity index is 2.19. The van der Waals surface area contributed by atoms with Crippen LogP contribution in [0.5, 0.6) is 5.75 Å². The Labute approximate surface area is 139 Å². The third kappa shape index (κ3) is 2.91. The Bertz CT molecular complexity index is 908. The number of hydrogen-bond acceptors (Lipinski definition) is 5. The first-order valence-electron chi connectivity index (χ1n) is 7.04. The van der Waals surface area contributed by atoms with Gasteiger partial charge in [0.2, 0.25) is 0 Å². The number of thioether (sulfide) groups is 1. The fourth-order valence-electron chi connectivity index (χ4n) is 2.34. The van der Waals surface area contributed by atoms with Crippen molar-refractivity contribution in [1.29, 1.82) is 0 Å². The number of alkyl halides is 3. The first-order valence-corrected chi connectivity index (χ1v) is 8.03. The van der Waals surface area contributed by atoms with Gasteiger partial charge in [0.15, 0.2) is 11.3 Å². The highest BCUT2D eigenvalue weighted by Gasteiger charge is 2.34. The molecule has 0 spiro atoms. The zero-order valence-electron chi connectivity index (χ0n) is 12.8. The summed E-state index contributed by atoms with van der Waals surface area (Å²) in [5.41, 5.74) is 0.0242. The minimum Gasteiger partial charge on any atom is -0.508 e. The lowest BCUT2D eigenvalue weighted by molar-refractivity contribution is -0.141. The maximum Gasteiger partial charge on any atom is 0.435 e. The molecule has 0 aliphatic rings. The molecule has 0 radical (unpaired) electrons. The number of rotatable bonds is 3. The molecule has 3 rings (SSSR count). The second-order valence-electron chi connectivity index (χ2n) is 5.04. The number of halogens is 3. The molecular formula is C15H13F3N4OS. The highest BCUT2D eigenvalue weighted by molar-refractivity contribution is 7.99. The van der Waals surface area contributed by atoms with Crippen LogP contribution in [0.1, 0.15) is 12.6 Å². The van der Waals surface area contributed by atoms with Gasteiger partial charge in [0, 0.05) is 23.6 Å². The Hall–Kier alpha value is -2.29. The largest absolute Gasteiger partial charge is 0.508 e. The lowest BCUT2D eigenvalue weighted by Gasteiger charge is -2.08. The van der Waals surface area contributed by atoms with E-state index in [0.717, 1.165) is 16.7 Å². The van der Waals surface area contributed by atoms with E-state index in [0.29, 0.717) is 11.4 Å². The summed E-state index contributed by atoms with van der Waals surface area (Å²) < 4.78 is 40.0. The molecule has 1 N–H and O–H groups in total. The van der Waals surface area contributed by atoms with Gasteiger partial charge in [-0.1, -0.05) is 6.92 Å². The quantitative estimate of drug-likeness (QED) is 0.724. The molecule has 0 amide bonds. The van der Waals surface area contributed by atoms with Gasteiger partial charge in [-0.3, -0.25) is 0 Å². The number of aryl methyl sites for hydroxylation is 1. The van der Waals surface area contributed by atoms with Crippen LogP contribution in [0.4, 0.5) is 13.2 Å². The number of aromatic nitrogens is 4. The van der Waals surface area contributed by atoms with Crippen LogP contribution in [-0.2, 0) is 13.2 Å². The summed E-state index contributed by atoms with van der Waals surface area (Å²) in [6.45, 7) is 1.97. The lowest BCUT2D eigenvalue weighted by Crippen LogP contribution is -2.09. The van der Waals surface area contributed by atoms with E-state index in [9.17, 15) is 18.3 Å². The van der Waals surface area contributed by atoms with Gasteiger partial charge in [-0.05, 0) is 24.0 Å². The van der Waals surface area contributed by atoms with Crippen LogP contribution in [0.3, 0.4) is 0 Å². The van der Waals surface area contributed by atoms with E-state index >= 15 is 0 Å². The van der Waals surface area contributed by atoms with Gasteiger partial charge in [-0.2, -0.15) is 13.2 Å². The third-order valence-corrected chi connectivity index (χ3v) is 4.35. The average Bonchev–Trinajstić information content (AvgIpc) is 2.83. The molecule has 126 valence electrons. The Morgan fingerprint density at radius 3 is 2.62 bits per heavy atom. The van der Waals surface area contributed by atoms with E-state index in [1.54, 1.807) is 23.7 Å². The van der Waals surface area contributed by atoms with Crippen molar-refractivity contribution in [1.82, 2.24) is 19.7 Å². The second kappa shape index (κ2) is 5.97. The van der Waals surface area contributed by atoms with Crippen LogP contribution in [0, 0.1) is 0 Å². The van der Waals surface area contributed by atoms with Crippen LogP contribution in [0.25, 0.3) is 22.6 Å². The number of aromatic hydroxyl groups is 1. The van der Waals surface area contributed by atoms with E-state index < -0.39 is 11.9 Å². The molecule has 0 atom stereocenters. The average molecular weight is 354 g/mol. The highest BCUT2D eigenvalue weighted by Crippen LogP contribution is 2.35. The highest BCUT2D eigenvalue weighted by atomic mass is 32.2. The number of fused-ring (bicyclic) bond motifs is 1. The molecule has 5 nitrogen and oxygen atoms in total. The number of benzene rings is 1. The first-order chi connectivity index (χ1) is 11.3. The molecule has 0 fully saturated rings. The van der Waals surface area contributed by atoms with E-state index in [1.165, 1.54) is 17.8 Å². The summed E-state index contributed by atoms with van der Waals surface area (Å²) in [5, 5.41) is 16.6. The van der Waals surface area contributed by atoms with Crippen molar-refractivity contribution in [3.63, 3.8) is 0 Å². The number of phenolic OH excluding ortho intramolecular Hbond substituents is 1. The minimum atomic E-state index is -4.57. The molecular weight excluding hydrogens is 341 g/mol. The summed E-state index contributed by atoms with van der Waals surface area (Å²) in [5.74, 6) is 1.36. The maximum absolute atomic E-state index is 12.8. The van der Waals surface area contributed by atoms with Crippen molar-refractivity contribution in [2.24, 2.45) is 7.05 Å². The molecule has 24 heavy (non-hydrogen) atoms. The van der Waals surface area contributed by atoms with Crippen molar-refractivity contribution in [2.75, 3.05) is 5.75 Å². The fraction of sp³-hybridized carbons (Fsp3) is 0.267. The van der Waals surface area contributed by atoms with Crippen molar-refractivity contribution in [3.05, 3.63) is 30.0 Å². The molecule has 2 aromatic heterocycles. The molecule has 0 saturated carbocycles. The number of hydrogen-bond donors (Lipinski definition) is 1. The predicted octanol–water partition coefficient (Wildman–Crippen LogP) is 3.87. The van der Waals surface area contributed by atoms with Crippen LogP contribution >= 0.6 is 11.8 Å². The molecule has 3 aromatic rings. The normalized spacial score (nSPS) is 12.0. The zero-order valence-corrected chi connectivity index (χ0v) is 13.6. The Morgan fingerprint density at radius 1 is 1.21 bits per heavy atom. The van der Waals surface area contributed by atoms with E-state index in [2.05, 4.69) is 15.2 Å². The van der Waals surface area contributed by atoms with Crippen LogP contribution in [0.15, 0.2) is 29.2 Å². The molecule has 0 saturated heterocycles. The van der Waals surface area contributed by atoms with Gasteiger partial charge in [-0.25, -0.2) is 4.98 Å². The van der Waals surface area contributed by atoms with Gasteiger partial charge in [0.1, 0.15) is 17.1 Å². The summed E-state index contributed by atoms with van der Waals surface area (Å²) in [4.78, 5) is 5.09. The zero-order chi connectivity index (χ0) is 17.5. The summed E-state index contributed by atoms with van der Waals surface area (Å²) in [6, 6.07) is 5.70. The second-order valence-corrected chi connectivity index (χ2v) is 6.35. The topological polar surface area (TPSA) is 63.8 Å². The van der Waals surface area contributed by atoms with Gasteiger partial charge in [-0.15, -0.1) is 22.0 Å². The van der Waals surface area contributed by atoms with Crippen molar-refractivity contribution in [2.45, 2.75) is 18.0 Å². The molecule has 2 heterocycles. The fourth-order valence-corrected chi connectivity index (χ4v) is 3.17. The minimum absolute atomic E-state index is 0.118. The molecule has 0 unspecified atom stereocenters. The van der Waals surface area contributed by atoms with Crippen LogP contribution < -0.4 is 0 Å². The van der Waals surface area contributed by atoms with E-state index in [-0.39, 0.29) is 16.9 Å². The monoisotopic (exact) mass is 354 g/mol. The van der Waals surface area contributed by atoms with Crippen molar-refractivity contribution < 1.29 is 18.3 Å². The van der Waals surface area contributed by atoms with Gasteiger partial charge in [0.25, 0.3) is 0 Å². The molecule has 0 bridgehead atoms. The van der Waals surface area contributed by atoms with Crippen molar-refractivity contribution >= 4 is 22.9 Å². The summed E-state index contributed by atoms with van der Waals surface area (Å²) in [7, 11) is 1.67. The van der Waals surface area contributed by atoms with E-state index in [4.69, 9.17) is 0 Å². The molecule has 0 aliphatic heterocycles. The predicted molar refractivity (Wildman–Crippen MR) is 84.8 cm³/mol. The van der Waals surface area contributed by atoms with Gasteiger partial charge >= 0.3 is 6.18 Å². The Morgan fingerprint density at radius 2 is 1.96 bits per heavy atom. The molecule has 1 aromatic carbocycles. The van der Waals surface area contributed by atoms with Gasteiger partial charge < -0.3 is 9.67 Å². The molecule has 0 aliphatic carbocycles. The van der Waals surface area contributed by atoms with E-state index in [1.807, 2.05) is 6.92 Å². The number of imidazole rings is 1. The molecule has 9 heteroatoms.